The normalized spacial score (nSPS) is 18.4. The lowest BCUT2D eigenvalue weighted by atomic mass is 9.83. The SMILES string of the molecule is Cc1c(Nc2ncc(C(F)(F)F)c(NCc3cccc4c3C(C)(C)C(=O)N4)n2)ccc(C2CCCNC2)c1C. The molecule has 0 radical (unpaired) electrons. The van der Waals surface area contributed by atoms with E-state index in [2.05, 4.69) is 44.2 Å². The Morgan fingerprint density at radius 2 is 1.92 bits per heavy atom. The van der Waals surface area contributed by atoms with Crippen LogP contribution in [0.1, 0.15) is 66.0 Å². The molecule has 0 aliphatic carbocycles. The number of rotatable bonds is 6. The first kappa shape index (κ1) is 26.9. The molecule has 2 aromatic carbocycles. The van der Waals surface area contributed by atoms with Crippen molar-refractivity contribution in [1.29, 1.82) is 0 Å². The van der Waals surface area contributed by atoms with Crippen molar-refractivity contribution in [1.82, 2.24) is 15.3 Å². The smallest absolute Gasteiger partial charge is 0.365 e. The Kier molecular flexibility index (Phi) is 7.00. The molecule has 1 unspecified atom stereocenters. The molecule has 1 saturated heterocycles. The third kappa shape index (κ3) is 5.17. The maximum Gasteiger partial charge on any atom is 0.421 e. The molecule has 7 nitrogen and oxygen atoms in total. The summed E-state index contributed by atoms with van der Waals surface area (Å²) >= 11 is 0. The minimum absolute atomic E-state index is 0.0589. The molecule has 39 heavy (non-hydrogen) atoms. The van der Waals surface area contributed by atoms with Gasteiger partial charge in [-0.2, -0.15) is 18.2 Å². The molecule has 0 bridgehead atoms. The lowest BCUT2D eigenvalue weighted by Crippen LogP contribution is -2.28. The minimum atomic E-state index is -4.64. The molecule has 4 N–H and O–H groups in total. The van der Waals surface area contributed by atoms with Crippen molar-refractivity contribution in [2.24, 2.45) is 0 Å². The van der Waals surface area contributed by atoms with Gasteiger partial charge in [0.2, 0.25) is 11.9 Å². The van der Waals surface area contributed by atoms with Gasteiger partial charge in [-0.15, -0.1) is 0 Å². The number of nitrogens with one attached hydrogen (secondary N) is 4. The van der Waals surface area contributed by atoms with E-state index < -0.39 is 17.2 Å². The number of hydrogen-bond acceptors (Lipinski definition) is 6. The highest BCUT2D eigenvalue weighted by atomic mass is 19.4. The van der Waals surface area contributed by atoms with Crippen LogP contribution in [0, 0.1) is 13.8 Å². The Hall–Kier alpha value is -3.66. The van der Waals surface area contributed by atoms with E-state index in [0.29, 0.717) is 11.6 Å². The second-order valence-corrected chi connectivity index (χ2v) is 10.8. The highest BCUT2D eigenvalue weighted by Crippen LogP contribution is 2.40. The van der Waals surface area contributed by atoms with Crippen LogP contribution in [0.25, 0.3) is 0 Å². The summed E-state index contributed by atoms with van der Waals surface area (Å²) in [6, 6.07) is 9.39. The molecule has 1 atom stereocenters. The van der Waals surface area contributed by atoms with Crippen LogP contribution in [0.15, 0.2) is 36.5 Å². The number of carbonyl (C=O) groups excluding carboxylic acids is 1. The Labute approximate surface area is 226 Å². The van der Waals surface area contributed by atoms with Gasteiger partial charge in [-0.05, 0) is 92.9 Å². The number of alkyl halides is 3. The number of amides is 1. The fourth-order valence-corrected chi connectivity index (χ4v) is 5.60. The molecule has 10 heteroatoms. The summed E-state index contributed by atoms with van der Waals surface area (Å²) in [5.41, 5.74) is 4.60. The van der Waals surface area contributed by atoms with Crippen molar-refractivity contribution in [2.75, 3.05) is 29.0 Å². The summed E-state index contributed by atoms with van der Waals surface area (Å²) in [7, 11) is 0. The quantitative estimate of drug-likeness (QED) is 0.300. The number of anilines is 4. The zero-order valence-electron chi connectivity index (χ0n) is 22.5. The van der Waals surface area contributed by atoms with E-state index >= 15 is 0 Å². The van der Waals surface area contributed by atoms with Crippen LogP contribution in [0.4, 0.5) is 36.3 Å². The first-order chi connectivity index (χ1) is 18.5. The fraction of sp³-hybridized carbons (Fsp3) is 0.414. The van der Waals surface area contributed by atoms with Gasteiger partial charge in [0.25, 0.3) is 0 Å². The monoisotopic (exact) mass is 538 g/mol. The molecule has 3 heterocycles. The number of benzene rings is 2. The summed E-state index contributed by atoms with van der Waals surface area (Å²) < 4.78 is 41.6. The Balaban J connectivity index is 1.42. The molecule has 1 amide bonds. The van der Waals surface area contributed by atoms with Gasteiger partial charge in [-0.1, -0.05) is 18.2 Å². The van der Waals surface area contributed by atoms with E-state index in [4.69, 9.17) is 0 Å². The molecule has 5 rings (SSSR count). The van der Waals surface area contributed by atoms with Crippen LogP contribution in [-0.2, 0) is 22.9 Å². The van der Waals surface area contributed by atoms with Gasteiger partial charge in [0.05, 0.1) is 5.41 Å². The third-order valence-corrected chi connectivity index (χ3v) is 7.94. The van der Waals surface area contributed by atoms with E-state index in [-0.39, 0.29) is 24.2 Å². The number of carbonyl (C=O) groups is 1. The molecule has 1 fully saturated rings. The van der Waals surface area contributed by atoms with E-state index in [0.717, 1.165) is 60.1 Å². The predicted molar refractivity (Wildman–Crippen MR) is 147 cm³/mol. The van der Waals surface area contributed by atoms with Crippen molar-refractivity contribution in [3.63, 3.8) is 0 Å². The minimum Gasteiger partial charge on any atom is -0.365 e. The Bertz CT molecular complexity index is 1410. The van der Waals surface area contributed by atoms with Crippen LogP contribution in [-0.4, -0.2) is 29.0 Å². The highest BCUT2D eigenvalue weighted by Gasteiger charge is 2.40. The summed E-state index contributed by atoms with van der Waals surface area (Å²) in [6.07, 6.45) is -1.58. The first-order valence-electron chi connectivity index (χ1n) is 13.2. The largest absolute Gasteiger partial charge is 0.421 e. The average Bonchev–Trinajstić information content (AvgIpc) is 3.14. The van der Waals surface area contributed by atoms with Crippen LogP contribution in [0.2, 0.25) is 0 Å². The van der Waals surface area contributed by atoms with E-state index in [1.165, 1.54) is 5.56 Å². The van der Waals surface area contributed by atoms with Gasteiger partial charge < -0.3 is 21.3 Å². The predicted octanol–water partition coefficient (Wildman–Crippen LogP) is 6.16. The zero-order valence-corrected chi connectivity index (χ0v) is 22.5. The molecule has 0 saturated carbocycles. The molecule has 1 aromatic heterocycles. The fourth-order valence-electron chi connectivity index (χ4n) is 5.60. The number of halogens is 3. The van der Waals surface area contributed by atoms with Crippen molar-refractivity contribution in [2.45, 2.75) is 64.6 Å². The highest BCUT2D eigenvalue weighted by molar-refractivity contribution is 6.06. The third-order valence-electron chi connectivity index (χ3n) is 7.94. The van der Waals surface area contributed by atoms with E-state index in [1.54, 1.807) is 32.0 Å². The van der Waals surface area contributed by atoms with Crippen molar-refractivity contribution >= 4 is 29.0 Å². The van der Waals surface area contributed by atoms with Gasteiger partial charge in [-0.25, -0.2) is 4.98 Å². The Morgan fingerprint density at radius 1 is 1.13 bits per heavy atom. The number of hydrogen-bond donors (Lipinski definition) is 4. The van der Waals surface area contributed by atoms with Gasteiger partial charge in [0, 0.05) is 30.7 Å². The maximum atomic E-state index is 13.9. The van der Waals surface area contributed by atoms with Crippen LogP contribution < -0.4 is 21.3 Å². The lowest BCUT2D eigenvalue weighted by molar-refractivity contribution is -0.137. The maximum absolute atomic E-state index is 13.9. The van der Waals surface area contributed by atoms with E-state index in [1.807, 2.05) is 13.0 Å². The molecular formula is C29H33F3N6O. The summed E-state index contributed by atoms with van der Waals surface area (Å²) in [6.45, 7) is 9.70. The molecule has 0 spiro atoms. The molecule has 2 aliphatic rings. The topological polar surface area (TPSA) is 91.0 Å². The number of nitrogens with zero attached hydrogens (tertiary/aromatic N) is 2. The number of fused-ring (bicyclic) bond motifs is 1. The van der Waals surface area contributed by atoms with Crippen molar-refractivity contribution in [3.05, 3.63) is 69.9 Å². The van der Waals surface area contributed by atoms with Crippen LogP contribution in [0.3, 0.4) is 0 Å². The molecule has 2 aliphatic heterocycles. The van der Waals surface area contributed by atoms with Crippen LogP contribution in [0.5, 0.6) is 0 Å². The summed E-state index contributed by atoms with van der Waals surface area (Å²) in [5.74, 6) is 0.0351. The van der Waals surface area contributed by atoms with Gasteiger partial charge in [-0.3, -0.25) is 4.79 Å². The molecule has 206 valence electrons. The first-order valence-corrected chi connectivity index (χ1v) is 13.2. The average molecular weight is 539 g/mol. The van der Waals surface area contributed by atoms with Gasteiger partial charge >= 0.3 is 6.18 Å². The van der Waals surface area contributed by atoms with Crippen molar-refractivity contribution in [3.8, 4) is 0 Å². The second kappa shape index (κ2) is 10.1. The standard InChI is InChI=1S/C29H33F3N6O/c1-16-17(2)22(11-10-20(16)18-8-6-12-33-13-18)37-27-35-15-21(29(30,31)32)25(38-27)34-14-19-7-5-9-23-24(19)28(3,4)26(39)36-23/h5,7,9-11,15,18,33H,6,8,12-14H2,1-4H3,(H,36,39)(H2,34,35,37,38). The van der Waals surface area contributed by atoms with Crippen molar-refractivity contribution < 1.29 is 18.0 Å². The lowest BCUT2D eigenvalue weighted by Gasteiger charge is -2.26. The molecule has 3 aromatic rings. The van der Waals surface area contributed by atoms with E-state index in [9.17, 15) is 18.0 Å². The zero-order chi connectivity index (χ0) is 27.9. The second-order valence-electron chi connectivity index (χ2n) is 10.8. The Morgan fingerprint density at radius 3 is 2.64 bits per heavy atom. The van der Waals surface area contributed by atoms with Gasteiger partial charge in [0.1, 0.15) is 11.4 Å². The van der Waals surface area contributed by atoms with Gasteiger partial charge in [0.15, 0.2) is 0 Å². The summed E-state index contributed by atoms with van der Waals surface area (Å²) in [5, 5.41) is 12.3. The number of piperidine rings is 1. The molecular weight excluding hydrogens is 505 g/mol. The van der Waals surface area contributed by atoms with Crippen LogP contribution >= 0.6 is 0 Å². The number of aromatic nitrogens is 2. The summed E-state index contributed by atoms with van der Waals surface area (Å²) in [4.78, 5) is 20.6.